The highest BCUT2D eigenvalue weighted by molar-refractivity contribution is 14.0. The number of rotatable bonds is 7. The van der Waals surface area contributed by atoms with Crippen molar-refractivity contribution in [1.29, 1.82) is 0 Å². The van der Waals surface area contributed by atoms with E-state index in [4.69, 9.17) is 19.2 Å². The molecule has 0 amide bonds. The van der Waals surface area contributed by atoms with Crippen LogP contribution < -0.4 is 14.8 Å². The molecule has 1 atom stereocenters. The van der Waals surface area contributed by atoms with E-state index in [9.17, 15) is 0 Å². The number of hydrogen-bond acceptors (Lipinski definition) is 4. The molecule has 0 radical (unpaired) electrons. The molecule has 1 aromatic rings. The first kappa shape index (κ1) is 21.8. The van der Waals surface area contributed by atoms with Crippen LogP contribution in [0.5, 0.6) is 11.5 Å². The highest BCUT2D eigenvalue weighted by Crippen LogP contribution is 2.25. The number of nitrogens with zero attached hydrogens (tertiary/aromatic N) is 2. The molecule has 25 heavy (non-hydrogen) atoms. The van der Waals surface area contributed by atoms with E-state index in [0.717, 1.165) is 55.7 Å². The molecule has 0 aliphatic carbocycles. The van der Waals surface area contributed by atoms with E-state index in [1.54, 1.807) is 21.3 Å². The predicted molar refractivity (Wildman–Crippen MR) is 111 cm³/mol. The SMILES string of the molecule is CCNC(=NCc1ccc(OC)cc1OC)N1CCC(COC)C1.I. The molecule has 0 aromatic heterocycles. The molecule has 0 saturated carbocycles. The zero-order chi connectivity index (χ0) is 17.4. The van der Waals surface area contributed by atoms with Crippen molar-refractivity contribution in [3.05, 3.63) is 23.8 Å². The maximum absolute atomic E-state index is 5.45. The van der Waals surface area contributed by atoms with Gasteiger partial charge in [-0.1, -0.05) is 0 Å². The molecule has 1 aromatic carbocycles. The maximum atomic E-state index is 5.45. The van der Waals surface area contributed by atoms with E-state index in [1.165, 1.54) is 0 Å². The van der Waals surface area contributed by atoms with Gasteiger partial charge in [0.25, 0.3) is 0 Å². The Balaban J connectivity index is 0.00000312. The van der Waals surface area contributed by atoms with Crippen LogP contribution in [-0.2, 0) is 11.3 Å². The van der Waals surface area contributed by atoms with Crippen LogP contribution in [0.2, 0.25) is 0 Å². The van der Waals surface area contributed by atoms with Crippen molar-refractivity contribution in [3.8, 4) is 11.5 Å². The minimum Gasteiger partial charge on any atom is -0.497 e. The number of ether oxygens (including phenoxy) is 3. The molecular weight excluding hydrogens is 433 g/mol. The molecule has 1 aliphatic rings. The van der Waals surface area contributed by atoms with Gasteiger partial charge in [-0.3, -0.25) is 0 Å². The molecule has 2 rings (SSSR count). The molecule has 1 saturated heterocycles. The van der Waals surface area contributed by atoms with Gasteiger partial charge in [0.2, 0.25) is 0 Å². The van der Waals surface area contributed by atoms with E-state index < -0.39 is 0 Å². The van der Waals surface area contributed by atoms with Crippen molar-refractivity contribution in [2.24, 2.45) is 10.9 Å². The first-order valence-electron chi connectivity index (χ1n) is 8.44. The largest absolute Gasteiger partial charge is 0.497 e. The predicted octanol–water partition coefficient (Wildman–Crippen LogP) is 2.76. The van der Waals surface area contributed by atoms with Crippen LogP contribution in [0, 0.1) is 5.92 Å². The van der Waals surface area contributed by atoms with Gasteiger partial charge in [0, 0.05) is 44.3 Å². The van der Waals surface area contributed by atoms with Crippen molar-refractivity contribution < 1.29 is 14.2 Å². The summed E-state index contributed by atoms with van der Waals surface area (Å²) < 4.78 is 16.0. The van der Waals surface area contributed by atoms with Crippen LogP contribution in [0.1, 0.15) is 18.9 Å². The van der Waals surface area contributed by atoms with Gasteiger partial charge in [0.1, 0.15) is 11.5 Å². The fraction of sp³-hybridized carbons (Fsp3) is 0.611. The highest BCUT2D eigenvalue weighted by atomic mass is 127. The smallest absolute Gasteiger partial charge is 0.194 e. The van der Waals surface area contributed by atoms with Crippen molar-refractivity contribution in [3.63, 3.8) is 0 Å². The number of benzene rings is 1. The second-order valence-corrected chi connectivity index (χ2v) is 5.90. The summed E-state index contributed by atoms with van der Waals surface area (Å²) in [4.78, 5) is 7.10. The van der Waals surface area contributed by atoms with Crippen molar-refractivity contribution in [1.82, 2.24) is 10.2 Å². The van der Waals surface area contributed by atoms with Gasteiger partial charge < -0.3 is 24.4 Å². The molecule has 1 unspecified atom stereocenters. The second-order valence-electron chi connectivity index (χ2n) is 5.90. The summed E-state index contributed by atoms with van der Waals surface area (Å²) >= 11 is 0. The van der Waals surface area contributed by atoms with Gasteiger partial charge in [-0.25, -0.2) is 4.99 Å². The Bertz CT molecular complexity index is 554. The number of halogens is 1. The second kappa shape index (κ2) is 11.4. The average molecular weight is 463 g/mol. The number of nitrogens with one attached hydrogen (secondary N) is 1. The van der Waals surface area contributed by atoms with E-state index in [1.807, 2.05) is 18.2 Å². The number of methoxy groups -OCH3 is 3. The highest BCUT2D eigenvalue weighted by Gasteiger charge is 2.24. The summed E-state index contributed by atoms with van der Waals surface area (Å²) in [6.07, 6.45) is 1.14. The van der Waals surface area contributed by atoms with Crippen molar-refractivity contribution in [2.45, 2.75) is 19.9 Å². The van der Waals surface area contributed by atoms with Gasteiger partial charge in [-0.05, 0) is 25.5 Å². The molecule has 1 N–H and O–H groups in total. The van der Waals surface area contributed by atoms with Crippen LogP contribution in [0.3, 0.4) is 0 Å². The quantitative estimate of drug-likeness (QED) is 0.383. The lowest BCUT2D eigenvalue weighted by molar-refractivity contribution is 0.157. The Morgan fingerprint density at radius 3 is 2.72 bits per heavy atom. The maximum Gasteiger partial charge on any atom is 0.194 e. The standard InChI is InChI=1S/C18H29N3O3.HI/c1-5-19-18(21-9-8-14(12-21)13-22-2)20-11-15-6-7-16(23-3)10-17(15)24-4;/h6-7,10,14H,5,8-9,11-13H2,1-4H3,(H,19,20);1H. The van der Waals surface area contributed by atoms with Gasteiger partial charge in [-0.2, -0.15) is 0 Å². The summed E-state index contributed by atoms with van der Waals surface area (Å²) in [7, 11) is 5.08. The summed E-state index contributed by atoms with van der Waals surface area (Å²) in [5, 5.41) is 3.39. The zero-order valence-corrected chi connectivity index (χ0v) is 17.9. The molecule has 6 nitrogen and oxygen atoms in total. The molecular formula is C18H30IN3O3. The summed E-state index contributed by atoms with van der Waals surface area (Å²) in [5.41, 5.74) is 1.04. The first-order valence-corrected chi connectivity index (χ1v) is 8.44. The third kappa shape index (κ3) is 6.22. The molecule has 0 bridgehead atoms. The number of aliphatic imine (C=N–C) groups is 1. The molecule has 1 aliphatic heterocycles. The topological polar surface area (TPSA) is 55.3 Å². The van der Waals surface area contributed by atoms with E-state index >= 15 is 0 Å². The first-order chi connectivity index (χ1) is 11.7. The molecule has 1 heterocycles. The molecule has 7 heteroatoms. The van der Waals surface area contributed by atoms with E-state index in [-0.39, 0.29) is 24.0 Å². The van der Waals surface area contributed by atoms with Crippen molar-refractivity contribution in [2.75, 3.05) is 47.6 Å². The number of hydrogen-bond donors (Lipinski definition) is 1. The Labute approximate surface area is 167 Å². The average Bonchev–Trinajstić information content (AvgIpc) is 3.07. The minimum absolute atomic E-state index is 0. The third-order valence-electron chi connectivity index (χ3n) is 4.22. The minimum atomic E-state index is 0. The molecule has 0 spiro atoms. The zero-order valence-electron chi connectivity index (χ0n) is 15.6. The van der Waals surface area contributed by atoms with Gasteiger partial charge >= 0.3 is 0 Å². The fourth-order valence-corrected chi connectivity index (χ4v) is 2.97. The van der Waals surface area contributed by atoms with Crippen molar-refractivity contribution >= 4 is 29.9 Å². The lowest BCUT2D eigenvalue weighted by Crippen LogP contribution is -2.40. The van der Waals surface area contributed by atoms with Crippen LogP contribution in [0.15, 0.2) is 23.2 Å². The van der Waals surface area contributed by atoms with E-state index in [2.05, 4.69) is 17.1 Å². The van der Waals surface area contributed by atoms with Gasteiger partial charge in [0.15, 0.2) is 5.96 Å². The van der Waals surface area contributed by atoms with Gasteiger partial charge in [-0.15, -0.1) is 24.0 Å². The Morgan fingerprint density at radius 2 is 2.08 bits per heavy atom. The fourth-order valence-electron chi connectivity index (χ4n) is 2.97. The molecule has 142 valence electrons. The summed E-state index contributed by atoms with van der Waals surface area (Å²) in [5.74, 6) is 3.12. The Kier molecular flexibility index (Phi) is 9.96. The molecule has 1 fully saturated rings. The number of guanidine groups is 1. The van der Waals surface area contributed by atoms with Crippen LogP contribution >= 0.6 is 24.0 Å². The van der Waals surface area contributed by atoms with E-state index in [0.29, 0.717) is 12.5 Å². The summed E-state index contributed by atoms with van der Waals surface area (Å²) in [6.45, 7) is 6.32. The van der Waals surface area contributed by atoms with Crippen LogP contribution in [-0.4, -0.2) is 58.4 Å². The third-order valence-corrected chi connectivity index (χ3v) is 4.22. The number of likely N-dealkylation sites (tertiary alicyclic amines) is 1. The monoisotopic (exact) mass is 463 g/mol. The lowest BCUT2D eigenvalue weighted by atomic mass is 10.1. The Morgan fingerprint density at radius 1 is 1.28 bits per heavy atom. The normalized spacial score (nSPS) is 17.2. The van der Waals surface area contributed by atoms with Crippen LogP contribution in [0.4, 0.5) is 0 Å². The summed E-state index contributed by atoms with van der Waals surface area (Å²) in [6, 6.07) is 5.83. The van der Waals surface area contributed by atoms with Crippen LogP contribution in [0.25, 0.3) is 0 Å². The van der Waals surface area contributed by atoms with Gasteiger partial charge in [0.05, 0.1) is 27.4 Å². The lowest BCUT2D eigenvalue weighted by Gasteiger charge is -2.21. The Hall–Kier alpha value is -1.22.